The highest BCUT2D eigenvalue weighted by molar-refractivity contribution is 5.90. The van der Waals surface area contributed by atoms with E-state index in [2.05, 4.69) is 4.99 Å². The van der Waals surface area contributed by atoms with E-state index in [1.54, 1.807) is 49.4 Å². The standard InChI is InChI=1S/C32H32F3NO7/c1-3-4-20-39-25-21(2)40-30(43-31(32(33,34)35)36-24-18-12-7-13-19-24)27(42-29(38)23-16-10-6-11-17-23)26(25)41-28(37)22-14-8-5-9-15-22/h5-19,21,25-27,30H,3-4,20H2,1-2H3/b36-31+/t21?,25-,26-,27?,30-/m0/s1. The molecule has 0 bridgehead atoms. The van der Waals surface area contributed by atoms with E-state index in [1.807, 2.05) is 6.92 Å². The normalized spacial score (nSPS) is 22.4. The molecule has 3 aromatic rings. The molecule has 0 aromatic heterocycles. The molecule has 0 spiro atoms. The molecule has 43 heavy (non-hydrogen) atoms. The van der Waals surface area contributed by atoms with Crippen LogP contribution >= 0.6 is 0 Å². The molecule has 1 aliphatic rings. The van der Waals surface area contributed by atoms with Gasteiger partial charge < -0.3 is 23.7 Å². The SMILES string of the molecule is CCCCO[C@H]1C(C)O[C@@H](O/C(=N/c2ccccc2)C(F)(F)F)C(OC(=O)c2ccccc2)[C@H]1OC(=O)c1ccccc1. The Hall–Kier alpha value is -4.22. The highest BCUT2D eigenvalue weighted by Crippen LogP contribution is 2.33. The highest BCUT2D eigenvalue weighted by Gasteiger charge is 2.53. The molecule has 0 radical (unpaired) electrons. The van der Waals surface area contributed by atoms with Crippen LogP contribution in [0.1, 0.15) is 47.4 Å². The van der Waals surface area contributed by atoms with Gasteiger partial charge in [0.2, 0.25) is 12.4 Å². The third-order valence-electron chi connectivity index (χ3n) is 6.50. The molecule has 5 atom stereocenters. The quantitative estimate of drug-likeness (QED) is 0.111. The molecule has 11 heteroatoms. The molecule has 0 amide bonds. The van der Waals surface area contributed by atoms with Gasteiger partial charge in [0.25, 0.3) is 5.90 Å². The first-order valence-corrected chi connectivity index (χ1v) is 13.8. The lowest BCUT2D eigenvalue weighted by Gasteiger charge is -2.44. The first-order chi connectivity index (χ1) is 20.7. The van der Waals surface area contributed by atoms with E-state index in [1.165, 1.54) is 48.5 Å². The third kappa shape index (κ3) is 8.65. The minimum atomic E-state index is -5.04. The van der Waals surface area contributed by atoms with Gasteiger partial charge >= 0.3 is 18.1 Å². The number of hydrogen-bond acceptors (Lipinski definition) is 8. The first-order valence-electron chi connectivity index (χ1n) is 13.8. The number of halogens is 3. The maximum atomic E-state index is 14.2. The van der Waals surface area contributed by atoms with Crippen LogP contribution < -0.4 is 0 Å². The van der Waals surface area contributed by atoms with Crippen LogP contribution in [0.3, 0.4) is 0 Å². The minimum Gasteiger partial charge on any atom is -0.452 e. The molecule has 0 saturated carbocycles. The van der Waals surface area contributed by atoms with Crippen LogP contribution in [0.4, 0.5) is 18.9 Å². The van der Waals surface area contributed by atoms with Crippen molar-refractivity contribution in [2.75, 3.05) is 6.61 Å². The summed E-state index contributed by atoms with van der Waals surface area (Å²) < 4.78 is 71.4. The minimum absolute atomic E-state index is 0.0238. The van der Waals surface area contributed by atoms with Gasteiger partial charge in [-0.2, -0.15) is 13.2 Å². The van der Waals surface area contributed by atoms with Gasteiger partial charge in [-0.3, -0.25) is 0 Å². The fourth-order valence-corrected chi connectivity index (χ4v) is 4.34. The molecule has 0 aliphatic carbocycles. The van der Waals surface area contributed by atoms with Crippen LogP contribution in [0, 0.1) is 0 Å². The molecule has 1 aliphatic heterocycles. The topological polar surface area (TPSA) is 92.7 Å². The molecule has 3 aromatic carbocycles. The third-order valence-corrected chi connectivity index (χ3v) is 6.50. The summed E-state index contributed by atoms with van der Waals surface area (Å²) in [6.45, 7) is 3.74. The van der Waals surface area contributed by atoms with Gasteiger partial charge in [-0.05, 0) is 49.7 Å². The van der Waals surface area contributed by atoms with Gasteiger partial charge in [-0.15, -0.1) is 0 Å². The van der Waals surface area contributed by atoms with E-state index in [-0.39, 0.29) is 23.4 Å². The molecule has 1 saturated heterocycles. The van der Waals surface area contributed by atoms with E-state index < -0.39 is 54.7 Å². The van der Waals surface area contributed by atoms with E-state index in [4.69, 9.17) is 23.7 Å². The van der Waals surface area contributed by atoms with Crippen LogP contribution in [0.2, 0.25) is 0 Å². The summed E-state index contributed by atoms with van der Waals surface area (Å²) in [5.74, 6) is -3.31. The summed E-state index contributed by atoms with van der Waals surface area (Å²) in [5, 5.41) is 0. The van der Waals surface area contributed by atoms with Crippen molar-refractivity contribution in [2.45, 2.75) is 63.6 Å². The Kier molecular flexibility index (Phi) is 10.9. The number of hydrogen-bond donors (Lipinski definition) is 0. The number of para-hydroxylation sites is 1. The van der Waals surface area contributed by atoms with Crippen molar-refractivity contribution < 1.29 is 46.4 Å². The molecule has 1 heterocycles. The van der Waals surface area contributed by atoms with E-state index >= 15 is 0 Å². The van der Waals surface area contributed by atoms with E-state index in [9.17, 15) is 22.8 Å². The maximum Gasteiger partial charge on any atom is 0.468 e. The van der Waals surface area contributed by atoms with Crippen LogP contribution in [0.25, 0.3) is 0 Å². The number of alkyl halides is 3. The Bertz CT molecular complexity index is 1350. The molecule has 2 unspecified atom stereocenters. The second kappa shape index (κ2) is 14.8. The van der Waals surface area contributed by atoms with Gasteiger partial charge in [-0.25, -0.2) is 14.6 Å². The monoisotopic (exact) mass is 599 g/mol. The molecule has 8 nitrogen and oxygen atoms in total. The lowest BCUT2D eigenvalue weighted by molar-refractivity contribution is -0.283. The summed E-state index contributed by atoms with van der Waals surface area (Å²) in [6, 6.07) is 23.3. The Labute approximate surface area is 247 Å². The predicted octanol–water partition coefficient (Wildman–Crippen LogP) is 6.68. The second-order valence-electron chi connectivity index (χ2n) is 9.74. The van der Waals surface area contributed by atoms with Crippen molar-refractivity contribution in [3.05, 3.63) is 102 Å². The summed E-state index contributed by atoms with van der Waals surface area (Å²) >= 11 is 0. The fraction of sp³-hybridized carbons (Fsp3) is 0.344. The number of nitrogens with zero attached hydrogens (tertiary/aromatic N) is 1. The summed E-state index contributed by atoms with van der Waals surface area (Å²) in [7, 11) is 0. The molecule has 4 rings (SSSR count). The van der Waals surface area contributed by atoms with Crippen LogP contribution in [-0.2, 0) is 23.7 Å². The number of aliphatic imine (C=N–C) groups is 1. The molecular weight excluding hydrogens is 567 g/mol. The van der Waals surface area contributed by atoms with Crippen molar-refractivity contribution >= 4 is 23.5 Å². The molecule has 1 fully saturated rings. The Morgan fingerprint density at radius 2 is 1.28 bits per heavy atom. The Morgan fingerprint density at radius 3 is 1.79 bits per heavy atom. The van der Waals surface area contributed by atoms with Crippen molar-refractivity contribution in [3.63, 3.8) is 0 Å². The van der Waals surface area contributed by atoms with Gasteiger partial charge in [-0.1, -0.05) is 67.9 Å². The fourth-order valence-electron chi connectivity index (χ4n) is 4.34. The van der Waals surface area contributed by atoms with Gasteiger partial charge in [0.05, 0.1) is 22.9 Å². The number of esters is 2. The number of carbonyl (C=O) groups is 2. The summed E-state index contributed by atoms with van der Waals surface area (Å²) in [4.78, 5) is 30.1. The largest absolute Gasteiger partial charge is 0.468 e. The number of ether oxygens (including phenoxy) is 5. The number of unbranched alkanes of at least 4 members (excludes halogenated alkanes) is 1. The maximum absolute atomic E-state index is 14.2. The Morgan fingerprint density at radius 1 is 0.767 bits per heavy atom. The number of rotatable bonds is 10. The lowest BCUT2D eigenvalue weighted by Crippen LogP contribution is -2.61. The second-order valence-corrected chi connectivity index (χ2v) is 9.74. The predicted molar refractivity (Wildman–Crippen MR) is 151 cm³/mol. The molecule has 228 valence electrons. The lowest BCUT2D eigenvalue weighted by atomic mass is 9.98. The van der Waals surface area contributed by atoms with E-state index in [0.717, 1.165) is 6.42 Å². The average Bonchev–Trinajstić information content (AvgIpc) is 3.00. The van der Waals surface area contributed by atoms with Crippen LogP contribution in [-0.4, -0.2) is 61.3 Å². The van der Waals surface area contributed by atoms with Gasteiger partial charge in [0.1, 0.15) is 6.10 Å². The molecular formula is C32H32F3NO7. The zero-order valence-electron chi connectivity index (χ0n) is 23.6. The first kappa shape index (κ1) is 31.7. The van der Waals surface area contributed by atoms with E-state index in [0.29, 0.717) is 6.42 Å². The zero-order chi connectivity index (χ0) is 30.8. The van der Waals surface area contributed by atoms with Crippen molar-refractivity contribution in [2.24, 2.45) is 4.99 Å². The van der Waals surface area contributed by atoms with Crippen molar-refractivity contribution in [3.8, 4) is 0 Å². The smallest absolute Gasteiger partial charge is 0.452 e. The van der Waals surface area contributed by atoms with Gasteiger partial charge in [0.15, 0.2) is 6.10 Å². The summed E-state index contributed by atoms with van der Waals surface area (Å²) in [5.41, 5.74) is 0.274. The van der Waals surface area contributed by atoms with Crippen LogP contribution in [0.15, 0.2) is 96.0 Å². The molecule has 0 N–H and O–H groups in total. The van der Waals surface area contributed by atoms with Gasteiger partial charge in [0, 0.05) is 6.61 Å². The van der Waals surface area contributed by atoms with Crippen LogP contribution in [0.5, 0.6) is 0 Å². The number of carbonyl (C=O) groups excluding carboxylic acids is 2. The average molecular weight is 600 g/mol. The van der Waals surface area contributed by atoms with Crippen molar-refractivity contribution in [1.29, 1.82) is 0 Å². The highest BCUT2D eigenvalue weighted by atomic mass is 19.4. The Balaban J connectivity index is 1.74. The summed E-state index contributed by atoms with van der Waals surface area (Å²) in [6.07, 6.45) is -10.5. The zero-order valence-corrected chi connectivity index (χ0v) is 23.6. The number of benzene rings is 3. The van der Waals surface area contributed by atoms with Crippen molar-refractivity contribution in [1.82, 2.24) is 0 Å².